The lowest BCUT2D eigenvalue weighted by Gasteiger charge is -2.25. The molecule has 0 radical (unpaired) electrons. The molecule has 4 heteroatoms. The van der Waals surface area contributed by atoms with Crippen molar-refractivity contribution >= 4 is 23.1 Å². The highest BCUT2D eigenvalue weighted by Crippen LogP contribution is 2.19. The van der Waals surface area contributed by atoms with Crippen molar-refractivity contribution in [1.82, 2.24) is 4.90 Å². The molecule has 0 saturated carbocycles. The van der Waals surface area contributed by atoms with Crippen LogP contribution in [0.15, 0.2) is 30.3 Å². The van der Waals surface area contributed by atoms with Gasteiger partial charge in [-0.25, -0.2) is 0 Å². The van der Waals surface area contributed by atoms with Crippen LogP contribution in [0, 0.1) is 0 Å². The van der Waals surface area contributed by atoms with Gasteiger partial charge in [-0.05, 0) is 18.9 Å². The van der Waals surface area contributed by atoms with Crippen molar-refractivity contribution in [2.75, 3.05) is 13.1 Å². The molecule has 1 aromatic rings. The van der Waals surface area contributed by atoms with Crippen molar-refractivity contribution in [3.8, 4) is 0 Å². The van der Waals surface area contributed by atoms with Crippen LogP contribution in [0.4, 0.5) is 0 Å². The average molecular weight is 264 g/mol. The number of nitrogens with zero attached hydrogens (tertiary/aromatic N) is 1. The Balaban J connectivity index is 2.99. The standard InChI is InChI=1S/C14H20N2OS/c1-3-10-16(4-2)14(17)12(13(15)18)11-8-6-5-7-9-11/h5-9,12H,3-4,10H2,1-2H3,(H2,15,18). The minimum atomic E-state index is -0.507. The van der Waals surface area contributed by atoms with Gasteiger partial charge in [0.1, 0.15) is 5.92 Å². The Morgan fingerprint density at radius 1 is 1.33 bits per heavy atom. The molecule has 0 fully saturated rings. The normalized spacial score (nSPS) is 11.9. The fourth-order valence-electron chi connectivity index (χ4n) is 1.95. The van der Waals surface area contributed by atoms with E-state index in [0.717, 1.165) is 18.5 Å². The third-order valence-electron chi connectivity index (χ3n) is 2.85. The van der Waals surface area contributed by atoms with Crippen LogP contribution in [0.25, 0.3) is 0 Å². The highest BCUT2D eigenvalue weighted by atomic mass is 32.1. The van der Waals surface area contributed by atoms with E-state index >= 15 is 0 Å². The van der Waals surface area contributed by atoms with Crippen LogP contribution < -0.4 is 5.73 Å². The summed E-state index contributed by atoms with van der Waals surface area (Å²) in [6.07, 6.45) is 0.929. The maximum absolute atomic E-state index is 12.5. The van der Waals surface area contributed by atoms with Gasteiger partial charge in [0.15, 0.2) is 0 Å². The Bertz CT molecular complexity index is 406. The Labute approximate surface area is 114 Å². The zero-order valence-corrected chi connectivity index (χ0v) is 11.7. The smallest absolute Gasteiger partial charge is 0.236 e. The number of carbonyl (C=O) groups is 1. The molecule has 0 aliphatic rings. The van der Waals surface area contributed by atoms with Gasteiger partial charge in [0.2, 0.25) is 5.91 Å². The van der Waals surface area contributed by atoms with E-state index in [1.165, 1.54) is 0 Å². The lowest BCUT2D eigenvalue weighted by Crippen LogP contribution is -2.40. The molecule has 2 N–H and O–H groups in total. The van der Waals surface area contributed by atoms with Crippen LogP contribution in [0.3, 0.4) is 0 Å². The van der Waals surface area contributed by atoms with E-state index in [4.69, 9.17) is 18.0 Å². The number of hydrogen-bond acceptors (Lipinski definition) is 2. The molecule has 0 saturated heterocycles. The van der Waals surface area contributed by atoms with Crippen molar-refractivity contribution in [2.24, 2.45) is 5.73 Å². The van der Waals surface area contributed by atoms with E-state index < -0.39 is 5.92 Å². The van der Waals surface area contributed by atoms with Crippen molar-refractivity contribution in [1.29, 1.82) is 0 Å². The minimum absolute atomic E-state index is 0.00181. The number of benzene rings is 1. The van der Waals surface area contributed by atoms with Crippen molar-refractivity contribution in [3.63, 3.8) is 0 Å². The molecule has 1 unspecified atom stereocenters. The van der Waals surface area contributed by atoms with E-state index in [0.29, 0.717) is 6.54 Å². The molecule has 18 heavy (non-hydrogen) atoms. The number of hydrogen-bond donors (Lipinski definition) is 1. The first kappa shape index (κ1) is 14.6. The SMILES string of the molecule is CCCN(CC)C(=O)C(C(N)=S)c1ccccc1. The van der Waals surface area contributed by atoms with Gasteiger partial charge in [0.05, 0.1) is 4.99 Å². The monoisotopic (exact) mass is 264 g/mol. The summed E-state index contributed by atoms with van der Waals surface area (Å²) in [6.45, 7) is 5.43. The van der Waals surface area contributed by atoms with E-state index in [-0.39, 0.29) is 10.9 Å². The van der Waals surface area contributed by atoms with E-state index in [9.17, 15) is 4.79 Å². The lowest BCUT2D eigenvalue weighted by atomic mass is 9.97. The largest absolute Gasteiger partial charge is 0.392 e. The van der Waals surface area contributed by atoms with Crippen LogP contribution in [-0.4, -0.2) is 28.9 Å². The minimum Gasteiger partial charge on any atom is -0.392 e. The van der Waals surface area contributed by atoms with Crippen LogP contribution in [0.1, 0.15) is 31.7 Å². The molecule has 0 aromatic heterocycles. The van der Waals surface area contributed by atoms with E-state index in [1.807, 2.05) is 44.2 Å². The van der Waals surface area contributed by atoms with Crippen molar-refractivity contribution < 1.29 is 4.79 Å². The zero-order chi connectivity index (χ0) is 13.5. The van der Waals surface area contributed by atoms with Gasteiger partial charge in [-0.15, -0.1) is 0 Å². The zero-order valence-electron chi connectivity index (χ0n) is 10.9. The van der Waals surface area contributed by atoms with Gasteiger partial charge in [-0.1, -0.05) is 49.5 Å². The topological polar surface area (TPSA) is 46.3 Å². The summed E-state index contributed by atoms with van der Waals surface area (Å²) in [5, 5.41) is 0. The predicted octanol–water partition coefficient (Wildman–Crippen LogP) is 2.31. The molecule has 1 rings (SSSR count). The van der Waals surface area contributed by atoms with Crippen molar-refractivity contribution in [3.05, 3.63) is 35.9 Å². The molecule has 1 aromatic carbocycles. The highest BCUT2D eigenvalue weighted by molar-refractivity contribution is 7.80. The maximum atomic E-state index is 12.5. The third-order valence-corrected chi connectivity index (χ3v) is 3.09. The summed E-state index contributed by atoms with van der Waals surface area (Å²) in [5.74, 6) is -0.509. The molecular formula is C14H20N2OS. The Morgan fingerprint density at radius 2 is 1.94 bits per heavy atom. The number of carbonyl (C=O) groups excluding carboxylic acids is 1. The van der Waals surface area contributed by atoms with E-state index in [1.54, 1.807) is 4.90 Å². The van der Waals surface area contributed by atoms with Gasteiger partial charge in [0.25, 0.3) is 0 Å². The molecule has 0 heterocycles. The maximum Gasteiger partial charge on any atom is 0.236 e. The van der Waals surface area contributed by atoms with Crippen LogP contribution >= 0.6 is 12.2 Å². The Morgan fingerprint density at radius 3 is 2.39 bits per heavy atom. The molecule has 1 amide bonds. The number of amides is 1. The second-order valence-electron chi connectivity index (χ2n) is 4.16. The number of rotatable bonds is 6. The second kappa shape index (κ2) is 7.11. The lowest BCUT2D eigenvalue weighted by molar-refractivity contribution is -0.131. The first-order valence-corrected chi connectivity index (χ1v) is 6.65. The summed E-state index contributed by atoms with van der Waals surface area (Å²) in [4.78, 5) is 14.5. The molecule has 0 aliphatic heterocycles. The van der Waals surface area contributed by atoms with Crippen LogP contribution in [0.5, 0.6) is 0 Å². The fraction of sp³-hybridized carbons (Fsp3) is 0.429. The predicted molar refractivity (Wildman–Crippen MR) is 78.5 cm³/mol. The molecular weight excluding hydrogens is 244 g/mol. The first-order chi connectivity index (χ1) is 8.61. The average Bonchev–Trinajstić information content (AvgIpc) is 2.36. The van der Waals surface area contributed by atoms with Crippen molar-refractivity contribution in [2.45, 2.75) is 26.2 Å². The Kier molecular flexibility index (Phi) is 5.78. The molecule has 1 atom stereocenters. The second-order valence-corrected chi connectivity index (χ2v) is 4.64. The van der Waals surface area contributed by atoms with Gasteiger partial charge in [0, 0.05) is 13.1 Å². The van der Waals surface area contributed by atoms with Gasteiger partial charge >= 0.3 is 0 Å². The summed E-state index contributed by atoms with van der Waals surface area (Å²) in [6, 6.07) is 9.48. The van der Waals surface area contributed by atoms with Gasteiger partial charge in [-0.3, -0.25) is 4.79 Å². The Hall–Kier alpha value is -1.42. The summed E-state index contributed by atoms with van der Waals surface area (Å²) >= 11 is 5.06. The molecule has 0 spiro atoms. The number of likely N-dealkylation sites (N-methyl/N-ethyl adjacent to an activating group) is 1. The van der Waals surface area contributed by atoms with Gasteiger partial charge < -0.3 is 10.6 Å². The highest BCUT2D eigenvalue weighted by Gasteiger charge is 2.26. The first-order valence-electron chi connectivity index (χ1n) is 6.24. The molecule has 0 aliphatic carbocycles. The molecule has 3 nitrogen and oxygen atoms in total. The molecule has 98 valence electrons. The third kappa shape index (κ3) is 3.53. The van der Waals surface area contributed by atoms with Crippen LogP contribution in [0.2, 0.25) is 0 Å². The summed E-state index contributed by atoms with van der Waals surface area (Å²) in [5.41, 5.74) is 6.61. The van der Waals surface area contributed by atoms with Crippen LogP contribution in [-0.2, 0) is 4.79 Å². The number of nitrogens with two attached hydrogens (primary N) is 1. The quantitative estimate of drug-likeness (QED) is 0.802. The van der Waals surface area contributed by atoms with Gasteiger partial charge in [-0.2, -0.15) is 0 Å². The van der Waals surface area contributed by atoms with E-state index in [2.05, 4.69) is 0 Å². The summed E-state index contributed by atoms with van der Waals surface area (Å²) < 4.78 is 0. The fourth-order valence-corrected chi connectivity index (χ4v) is 2.19. The number of thiocarbonyl (C=S) groups is 1. The molecule has 0 bridgehead atoms. The summed E-state index contributed by atoms with van der Waals surface area (Å²) in [7, 11) is 0.